The van der Waals surface area contributed by atoms with Gasteiger partial charge in [0.1, 0.15) is 0 Å². The third kappa shape index (κ3) is 5.00. The van der Waals surface area contributed by atoms with Gasteiger partial charge in [-0.05, 0) is 64.0 Å². The van der Waals surface area contributed by atoms with E-state index in [1.807, 2.05) is 7.05 Å². The molecule has 6 nitrogen and oxygen atoms in total. The van der Waals surface area contributed by atoms with Crippen molar-refractivity contribution in [1.29, 1.82) is 0 Å². The lowest BCUT2D eigenvalue weighted by Crippen LogP contribution is -2.59. The van der Waals surface area contributed by atoms with Gasteiger partial charge in [0.15, 0.2) is 5.96 Å². The molecule has 3 heterocycles. The van der Waals surface area contributed by atoms with Crippen LogP contribution < -0.4 is 10.6 Å². The third-order valence-corrected chi connectivity index (χ3v) is 7.61. The first-order valence-electron chi connectivity index (χ1n) is 11.8. The molecule has 0 spiro atoms. The Morgan fingerprint density at radius 2 is 1.79 bits per heavy atom. The molecular formula is C22H41N5O. The third-order valence-electron chi connectivity index (χ3n) is 7.61. The first-order chi connectivity index (χ1) is 13.8. The van der Waals surface area contributed by atoms with E-state index >= 15 is 0 Å². The van der Waals surface area contributed by atoms with Gasteiger partial charge < -0.3 is 20.3 Å². The Balaban J connectivity index is 1.26. The molecule has 0 aromatic carbocycles. The Labute approximate surface area is 171 Å². The Morgan fingerprint density at radius 3 is 2.50 bits per heavy atom. The molecule has 4 rings (SSSR count). The van der Waals surface area contributed by atoms with Gasteiger partial charge in [0.05, 0.1) is 0 Å². The lowest BCUT2D eigenvalue weighted by Gasteiger charge is -2.45. The summed E-state index contributed by atoms with van der Waals surface area (Å²) in [5, 5.41) is 7.41. The molecule has 1 unspecified atom stereocenters. The van der Waals surface area contributed by atoms with Crippen molar-refractivity contribution in [3.05, 3.63) is 0 Å². The van der Waals surface area contributed by atoms with E-state index in [0.29, 0.717) is 6.04 Å². The summed E-state index contributed by atoms with van der Waals surface area (Å²) < 4.78 is 5.69. The minimum atomic E-state index is 0.247. The minimum absolute atomic E-state index is 0.247. The van der Waals surface area contributed by atoms with Crippen molar-refractivity contribution < 1.29 is 4.74 Å². The molecule has 1 aliphatic carbocycles. The van der Waals surface area contributed by atoms with Gasteiger partial charge in [-0.15, -0.1) is 0 Å². The number of hydrogen-bond acceptors (Lipinski definition) is 4. The number of hydrogen-bond donors (Lipinski definition) is 2. The van der Waals surface area contributed by atoms with Crippen LogP contribution >= 0.6 is 0 Å². The van der Waals surface area contributed by atoms with Gasteiger partial charge in [-0.3, -0.25) is 9.89 Å². The fourth-order valence-electron chi connectivity index (χ4n) is 5.86. The highest BCUT2D eigenvalue weighted by Crippen LogP contribution is 2.31. The second kappa shape index (κ2) is 9.77. The topological polar surface area (TPSA) is 52.1 Å². The van der Waals surface area contributed by atoms with Crippen LogP contribution in [0.25, 0.3) is 0 Å². The number of ether oxygens (including phenoxy) is 1. The smallest absolute Gasteiger partial charge is 0.191 e. The number of rotatable bonds is 6. The maximum Gasteiger partial charge on any atom is 0.191 e. The van der Waals surface area contributed by atoms with Crippen LogP contribution in [0.2, 0.25) is 0 Å². The number of guanidine groups is 1. The highest BCUT2D eigenvalue weighted by Gasteiger charge is 2.39. The fraction of sp³-hybridized carbons (Fsp3) is 0.955. The van der Waals surface area contributed by atoms with E-state index < -0.39 is 0 Å². The summed E-state index contributed by atoms with van der Waals surface area (Å²) in [6.45, 7) is 8.96. The average Bonchev–Trinajstić information content (AvgIpc) is 3.49. The predicted octanol–water partition coefficient (Wildman–Crippen LogP) is 2.06. The van der Waals surface area contributed by atoms with Crippen molar-refractivity contribution in [1.82, 2.24) is 20.4 Å². The maximum absolute atomic E-state index is 5.69. The molecule has 0 amide bonds. The molecule has 4 fully saturated rings. The quantitative estimate of drug-likeness (QED) is 0.536. The Morgan fingerprint density at radius 1 is 1.04 bits per heavy atom. The highest BCUT2D eigenvalue weighted by atomic mass is 16.5. The van der Waals surface area contributed by atoms with Crippen LogP contribution in [0.1, 0.15) is 57.8 Å². The molecule has 3 aliphatic heterocycles. The van der Waals surface area contributed by atoms with Crippen LogP contribution in [0.15, 0.2) is 4.99 Å². The molecule has 0 radical (unpaired) electrons. The molecule has 160 valence electrons. The molecule has 1 atom stereocenters. The number of likely N-dealkylation sites (tertiary alicyclic amines) is 2. The highest BCUT2D eigenvalue weighted by molar-refractivity contribution is 5.80. The standard InChI is InChI=1S/C22H41N5O/c1-23-21(25-20-8-13-26(17-20)16-19-6-2-3-7-19)24-18-22(9-14-28-15-10-22)27-11-4-5-12-27/h19-20H,2-18H2,1H3,(H2,23,24,25). The molecule has 3 saturated heterocycles. The van der Waals surface area contributed by atoms with Crippen LogP contribution in [-0.4, -0.2) is 86.9 Å². The molecule has 1 saturated carbocycles. The second-order valence-corrected chi connectivity index (χ2v) is 9.50. The molecule has 6 heteroatoms. The molecule has 28 heavy (non-hydrogen) atoms. The van der Waals surface area contributed by atoms with Crippen LogP contribution in [0.5, 0.6) is 0 Å². The number of aliphatic imine (C=N–C) groups is 1. The lowest BCUT2D eigenvalue weighted by atomic mass is 9.88. The van der Waals surface area contributed by atoms with Gasteiger partial charge in [-0.25, -0.2) is 0 Å². The molecule has 0 bridgehead atoms. The van der Waals surface area contributed by atoms with E-state index in [2.05, 4.69) is 25.4 Å². The molecule has 4 aliphatic rings. The van der Waals surface area contributed by atoms with Gasteiger partial charge >= 0.3 is 0 Å². The van der Waals surface area contributed by atoms with Gasteiger partial charge in [0, 0.05) is 58.0 Å². The van der Waals surface area contributed by atoms with E-state index in [-0.39, 0.29) is 5.54 Å². The van der Waals surface area contributed by atoms with Crippen LogP contribution in [0.4, 0.5) is 0 Å². The average molecular weight is 392 g/mol. The molecule has 0 aromatic rings. The van der Waals surface area contributed by atoms with E-state index in [9.17, 15) is 0 Å². The summed E-state index contributed by atoms with van der Waals surface area (Å²) in [4.78, 5) is 9.94. The monoisotopic (exact) mass is 391 g/mol. The van der Waals surface area contributed by atoms with E-state index in [1.54, 1.807) is 0 Å². The second-order valence-electron chi connectivity index (χ2n) is 9.50. The van der Waals surface area contributed by atoms with Crippen molar-refractivity contribution in [3.63, 3.8) is 0 Å². The zero-order chi connectivity index (χ0) is 19.2. The summed E-state index contributed by atoms with van der Waals surface area (Å²) in [6.07, 6.45) is 12.0. The first kappa shape index (κ1) is 20.4. The van der Waals surface area contributed by atoms with Gasteiger partial charge in [0.25, 0.3) is 0 Å². The van der Waals surface area contributed by atoms with E-state index in [0.717, 1.165) is 44.5 Å². The van der Waals surface area contributed by atoms with Gasteiger partial charge in [0.2, 0.25) is 0 Å². The fourth-order valence-corrected chi connectivity index (χ4v) is 5.86. The van der Waals surface area contributed by atoms with Crippen LogP contribution in [-0.2, 0) is 4.74 Å². The maximum atomic E-state index is 5.69. The van der Waals surface area contributed by atoms with Crippen molar-refractivity contribution in [3.8, 4) is 0 Å². The van der Waals surface area contributed by atoms with Gasteiger partial charge in [-0.1, -0.05) is 12.8 Å². The summed E-state index contributed by atoms with van der Waals surface area (Å²) in [5.74, 6) is 1.93. The number of nitrogens with one attached hydrogen (secondary N) is 2. The lowest BCUT2D eigenvalue weighted by molar-refractivity contribution is -0.0164. The van der Waals surface area contributed by atoms with Gasteiger partial charge in [-0.2, -0.15) is 0 Å². The normalized spacial score (nSPS) is 30.2. The molecule has 0 aromatic heterocycles. The van der Waals surface area contributed by atoms with Crippen LogP contribution in [0, 0.1) is 5.92 Å². The summed E-state index contributed by atoms with van der Waals surface area (Å²) >= 11 is 0. The zero-order valence-corrected chi connectivity index (χ0v) is 17.9. The largest absolute Gasteiger partial charge is 0.381 e. The van der Waals surface area contributed by atoms with Crippen molar-refractivity contribution in [2.75, 3.05) is 59.5 Å². The number of nitrogens with zero attached hydrogens (tertiary/aromatic N) is 3. The first-order valence-corrected chi connectivity index (χ1v) is 11.8. The van der Waals surface area contributed by atoms with Crippen LogP contribution in [0.3, 0.4) is 0 Å². The Kier molecular flexibility index (Phi) is 7.13. The molecular weight excluding hydrogens is 350 g/mol. The SMILES string of the molecule is CN=C(NCC1(N2CCCC2)CCOCC1)NC1CCN(CC2CCCC2)C1. The molecule has 2 N–H and O–H groups in total. The van der Waals surface area contributed by atoms with Crippen molar-refractivity contribution in [2.24, 2.45) is 10.9 Å². The van der Waals surface area contributed by atoms with Crippen molar-refractivity contribution in [2.45, 2.75) is 69.4 Å². The minimum Gasteiger partial charge on any atom is -0.381 e. The Hall–Kier alpha value is -0.850. The van der Waals surface area contributed by atoms with E-state index in [4.69, 9.17) is 4.74 Å². The predicted molar refractivity (Wildman–Crippen MR) is 115 cm³/mol. The summed E-state index contributed by atoms with van der Waals surface area (Å²) in [5.41, 5.74) is 0.247. The summed E-state index contributed by atoms with van der Waals surface area (Å²) in [7, 11) is 1.91. The Bertz CT molecular complexity index is 507. The van der Waals surface area contributed by atoms with Crippen molar-refractivity contribution >= 4 is 5.96 Å². The van der Waals surface area contributed by atoms with E-state index in [1.165, 1.54) is 77.7 Å². The summed E-state index contributed by atoms with van der Waals surface area (Å²) in [6, 6.07) is 0.532. The zero-order valence-electron chi connectivity index (χ0n) is 17.9.